The van der Waals surface area contributed by atoms with Gasteiger partial charge in [-0.1, -0.05) is 42.5 Å². The van der Waals surface area contributed by atoms with E-state index in [0.717, 1.165) is 4.90 Å². The second kappa shape index (κ2) is 3.74. The molecule has 1 heterocycles. The summed E-state index contributed by atoms with van der Waals surface area (Å²) in [6, 6.07) is 19.3. The molecule has 0 saturated carbocycles. The molecule has 0 bridgehead atoms. The first-order valence-corrected chi connectivity index (χ1v) is 7.13. The summed E-state index contributed by atoms with van der Waals surface area (Å²) < 4.78 is 2.62. The van der Waals surface area contributed by atoms with Gasteiger partial charge in [0.1, 0.15) is 0 Å². The van der Waals surface area contributed by atoms with Crippen molar-refractivity contribution < 1.29 is 0 Å². The van der Waals surface area contributed by atoms with Gasteiger partial charge in [-0.05, 0) is 22.9 Å². The molecule has 0 aliphatic heterocycles. The summed E-state index contributed by atoms with van der Waals surface area (Å²) >= 11 is 6.39. The molecule has 0 atom stereocenters. The Balaban J connectivity index is 2.37. The third kappa shape index (κ3) is 1.33. The Bertz CT molecular complexity index is 887. The fraction of sp³-hybridized carbons (Fsp3) is 0. The van der Waals surface area contributed by atoms with E-state index in [0.29, 0.717) is 0 Å². The summed E-state index contributed by atoms with van der Waals surface area (Å²) in [5.41, 5.74) is 0. The Morgan fingerprint density at radius 1 is 0.778 bits per heavy atom. The van der Waals surface area contributed by atoms with E-state index in [1.807, 2.05) is 11.3 Å². The van der Waals surface area contributed by atoms with Crippen LogP contribution in [0.3, 0.4) is 0 Å². The summed E-state index contributed by atoms with van der Waals surface area (Å²) in [6.07, 6.45) is 0. The number of thiophene rings is 1. The SMILES string of the molecule is Sc1cccc2c1sc1ccc3ccccc3c12. The minimum atomic E-state index is 1.07. The molecular formula is C16H10S2. The van der Waals surface area contributed by atoms with Crippen LogP contribution in [0.4, 0.5) is 0 Å². The van der Waals surface area contributed by atoms with Crippen LogP contribution >= 0.6 is 24.0 Å². The van der Waals surface area contributed by atoms with E-state index in [4.69, 9.17) is 0 Å². The Morgan fingerprint density at radius 2 is 1.61 bits per heavy atom. The van der Waals surface area contributed by atoms with Crippen LogP contribution in [0.15, 0.2) is 59.5 Å². The standard InChI is InChI=1S/C16H10S2/c17-13-7-3-6-12-15-11-5-2-1-4-10(11)8-9-14(15)18-16(12)13/h1-9,17H. The first-order chi connectivity index (χ1) is 8.84. The van der Waals surface area contributed by atoms with E-state index < -0.39 is 0 Å². The average molecular weight is 266 g/mol. The summed E-state index contributed by atoms with van der Waals surface area (Å²) in [5.74, 6) is 0. The van der Waals surface area contributed by atoms with Crippen LogP contribution in [0.2, 0.25) is 0 Å². The maximum absolute atomic E-state index is 4.57. The van der Waals surface area contributed by atoms with Crippen molar-refractivity contribution in [2.45, 2.75) is 4.90 Å². The topological polar surface area (TPSA) is 0 Å². The Morgan fingerprint density at radius 3 is 2.56 bits per heavy atom. The van der Waals surface area contributed by atoms with Crippen LogP contribution in [0.1, 0.15) is 0 Å². The summed E-state index contributed by atoms with van der Waals surface area (Å²) in [7, 11) is 0. The molecule has 0 saturated heterocycles. The molecule has 1 aromatic heterocycles. The van der Waals surface area contributed by atoms with Crippen LogP contribution in [-0.2, 0) is 0 Å². The smallest absolute Gasteiger partial charge is 0.0488 e. The van der Waals surface area contributed by atoms with Crippen LogP contribution < -0.4 is 0 Å². The zero-order valence-electron chi connectivity index (χ0n) is 9.55. The van der Waals surface area contributed by atoms with Crippen LogP contribution in [0, 0.1) is 0 Å². The first-order valence-electron chi connectivity index (χ1n) is 5.86. The van der Waals surface area contributed by atoms with Crippen molar-refractivity contribution in [2.24, 2.45) is 0 Å². The van der Waals surface area contributed by atoms with E-state index in [1.54, 1.807) is 0 Å². The van der Waals surface area contributed by atoms with Gasteiger partial charge in [-0.25, -0.2) is 0 Å². The van der Waals surface area contributed by atoms with Gasteiger partial charge in [0.15, 0.2) is 0 Å². The zero-order valence-corrected chi connectivity index (χ0v) is 11.3. The fourth-order valence-corrected chi connectivity index (χ4v) is 4.03. The monoisotopic (exact) mass is 266 g/mol. The molecule has 0 aliphatic rings. The number of fused-ring (bicyclic) bond motifs is 5. The highest BCUT2D eigenvalue weighted by Crippen LogP contribution is 2.40. The largest absolute Gasteiger partial charge is 0.142 e. The van der Waals surface area contributed by atoms with Crippen molar-refractivity contribution in [3.63, 3.8) is 0 Å². The van der Waals surface area contributed by atoms with Crippen molar-refractivity contribution in [3.8, 4) is 0 Å². The number of thiol groups is 1. The highest BCUT2D eigenvalue weighted by molar-refractivity contribution is 7.80. The molecular weight excluding hydrogens is 256 g/mol. The molecule has 86 valence electrons. The van der Waals surface area contributed by atoms with E-state index in [1.165, 1.54) is 30.9 Å². The Hall–Kier alpha value is -1.51. The predicted molar refractivity (Wildman–Crippen MR) is 84.1 cm³/mol. The molecule has 0 unspecified atom stereocenters. The molecule has 0 spiro atoms. The number of hydrogen-bond acceptors (Lipinski definition) is 2. The molecule has 0 radical (unpaired) electrons. The average Bonchev–Trinajstić information content (AvgIpc) is 2.79. The highest BCUT2D eigenvalue weighted by atomic mass is 32.1. The van der Waals surface area contributed by atoms with E-state index in [2.05, 4.69) is 67.2 Å². The van der Waals surface area contributed by atoms with Gasteiger partial charge in [-0.15, -0.1) is 24.0 Å². The predicted octanol–water partition coefficient (Wildman–Crippen LogP) is 5.50. The molecule has 18 heavy (non-hydrogen) atoms. The van der Waals surface area contributed by atoms with Gasteiger partial charge >= 0.3 is 0 Å². The van der Waals surface area contributed by atoms with Gasteiger partial charge < -0.3 is 0 Å². The third-order valence-electron chi connectivity index (χ3n) is 3.37. The fourth-order valence-electron chi connectivity index (χ4n) is 2.55. The maximum Gasteiger partial charge on any atom is 0.0488 e. The quantitative estimate of drug-likeness (QED) is 0.399. The van der Waals surface area contributed by atoms with Crippen molar-refractivity contribution in [2.75, 3.05) is 0 Å². The van der Waals surface area contributed by atoms with Crippen molar-refractivity contribution in [1.82, 2.24) is 0 Å². The summed E-state index contributed by atoms with van der Waals surface area (Å²) in [4.78, 5) is 1.07. The van der Waals surface area contributed by atoms with Gasteiger partial charge in [-0.2, -0.15) is 0 Å². The lowest BCUT2D eigenvalue weighted by Crippen LogP contribution is -1.73. The molecule has 0 aliphatic carbocycles. The second-order valence-corrected chi connectivity index (χ2v) is 5.95. The number of hydrogen-bond donors (Lipinski definition) is 1. The number of rotatable bonds is 0. The molecule has 4 aromatic rings. The van der Waals surface area contributed by atoms with Crippen LogP contribution in [0.25, 0.3) is 30.9 Å². The molecule has 2 heteroatoms. The van der Waals surface area contributed by atoms with Gasteiger partial charge in [0.2, 0.25) is 0 Å². The lowest BCUT2D eigenvalue weighted by molar-refractivity contribution is 1.61. The number of benzene rings is 3. The van der Waals surface area contributed by atoms with Crippen molar-refractivity contribution >= 4 is 54.9 Å². The normalized spacial score (nSPS) is 11.6. The lowest BCUT2D eigenvalue weighted by atomic mass is 10.0. The maximum atomic E-state index is 4.57. The van der Waals surface area contributed by atoms with Crippen molar-refractivity contribution in [3.05, 3.63) is 54.6 Å². The zero-order chi connectivity index (χ0) is 12.1. The van der Waals surface area contributed by atoms with Crippen molar-refractivity contribution in [1.29, 1.82) is 0 Å². The highest BCUT2D eigenvalue weighted by Gasteiger charge is 2.09. The van der Waals surface area contributed by atoms with E-state index in [-0.39, 0.29) is 0 Å². The lowest BCUT2D eigenvalue weighted by Gasteiger charge is -2.00. The van der Waals surface area contributed by atoms with Gasteiger partial charge in [0.25, 0.3) is 0 Å². The van der Waals surface area contributed by atoms with Crippen LogP contribution in [0.5, 0.6) is 0 Å². The summed E-state index contributed by atoms with van der Waals surface area (Å²) in [5, 5.41) is 5.32. The Kier molecular flexibility index (Phi) is 2.16. The van der Waals surface area contributed by atoms with Gasteiger partial charge in [0, 0.05) is 25.1 Å². The van der Waals surface area contributed by atoms with Crippen LogP contribution in [-0.4, -0.2) is 0 Å². The van der Waals surface area contributed by atoms with Gasteiger partial charge in [0.05, 0.1) is 0 Å². The minimum absolute atomic E-state index is 1.07. The van der Waals surface area contributed by atoms with E-state index in [9.17, 15) is 0 Å². The third-order valence-corrected chi connectivity index (χ3v) is 5.09. The van der Waals surface area contributed by atoms with E-state index >= 15 is 0 Å². The molecule has 0 nitrogen and oxygen atoms in total. The Labute approximate surface area is 114 Å². The summed E-state index contributed by atoms with van der Waals surface area (Å²) in [6.45, 7) is 0. The van der Waals surface area contributed by atoms with Gasteiger partial charge in [-0.3, -0.25) is 0 Å². The molecule has 0 N–H and O–H groups in total. The molecule has 4 rings (SSSR count). The molecule has 0 amide bonds. The minimum Gasteiger partial charge on any atom is -0.142 e. The molecule has 3 aromatic carbocycles. The first kappa shape index (κ1) is 10.4. The molecule has 0 fully saturated rings. The second-order valence-electron chi connectivity index (χ2n) is 4.42.